The van der Waals surface area contributed by atoms with Crippen LogP contribution in [0.15, 0.2) is 66.7 Å². The molecule has 0 bridgehead atoms. The number of nitro groups is 2. The third kappa shape index (κ3) is 5.06. The van der Waals surface area contributed by atoms with Crippen LogP contribution in [0.5, 0.6) is 11.5 Å². The molecule has 0 spiro atoms. The van der Waals surface area contributed by atoms with Crippen LogP contribution in [-0.4, -0.2) is 17.0 Å². The van der Waals surface area contributed by atoms with Crippen LogP contribution in [0.1, 0.15) is 16.7 Å². The third-order valence-corrected chi connectivity index (χ3v) is 4.56. The predicted molar refractivity (Wildman–Crippen MR) is 117 cm³/mol. The second-order valence-corrected chi connectivity index (χ2v) is 6.57. The zero-order chi connectivity index (χ0) is 23.1. The number of ether oxygens (including phenoxy) is 2. The summed E-state index contributed by atoms with van der Waals surface area (Å²) in [5.74, 6) is 0.452. The molecule has 0 saturated carbocycles. The molecule has 32 heavy (non-hydrogen) atoms. The van der Waals surface area contributed by atoms with Gasteiger partial charge >= 0.3 is 0 Å². The molecule has 0 atom stereocenters. The van der Waals surface area contributed by atoms with Crippen molar-refractivity contribution < 1.29 is 19.3 Å². The van der Waals surface area contributed by atoms with Crippen molar-refractivity contribution in [1.82, 2.24) is 0 Å². The fourth-order valence-electron chi connectivity index (χ4n) is 2.94. The summed E-state index contributed by atoms with van der Waals surface area (Å²) in [5.41, 5.74) is 1.10. The highest BCUT2D eigenvalue weighted by molar-refractivity contribution is 5.91. The molecule has 0 amide bonds. The summed E-state index contributed by atoms with van der Waals surface area (Å²) in [5, 5.41) is 32.1. The number of nitro benzene ring substituents is 2. The van der Waals surface area contributed by atoms with E-state index in [0.29, 0.717) is 5.56 Å². The van der Waals surface area contributed by atoms with E-state index >= 15 is 0 Å². The van der Waals surface area contributed by atoms with E-state index in [-0.39, 0.29) is 40.6 Å². The Balaban J connectivity index is 2.00. The average Bonchev–Trinajstić information content (AvgIpc) is 2.81. The van der Waals surface area contributed by atoms with Crippen molar-refractivity contribution in [2.75, 3.05) is 7.11 Å². The van der Waals surface area contributed by atoms with Gasteiger partial charge in [0.15, 0.2) is 11.5 Å². The Labute approximate surface area is 183 Å². The fourth-order valence-corrected chi connectivity index (χ4v) is 2.94. The van der Waals surface area contributed by atoms with Crippen molar-refractivity contribution in [2.45, 2.75) is 6.61 Å². The minimum atomic E-state index is -0.578. The minimum absolute atomic E-state index is 0.100. The lowest BCUT2D eigenvalue weighted by Gasteiger charge is -2.12. The molecule has 0 heterocycles. The van der Waals surface area contributed by atoms with E-state index in [9.17, 15) is 25.5 Å². The molecule has 0 aliphatic carbocycles. The molecule has 0 radical (unpaired) electrons. The molecule has 9 heteroatoms. The van der Waals surface area contributed by atoms with Gasteiger partial charge in [0.1, 0.15) is 6.61 Å². The van der Waals surface area contributed by atoms with Crippen molar-refractivity contribution in [3.8, 4) is 17.6 Å². The zero-order valence-electron chi connectivity index (χ0n) is 16.9. The van der Waals surface area contributed by atoms with Crippen molar-refractivity contribution in [3.05, 3.63) is 104 Å². The van der Waals surface area contributed by atoms with Crippen LogP contribution in [0.4, 0.5) is 11.4 Å². The zero-order valence-corrected chi connectivity index (χ0v) is 16.9. The largest absolute Gasteiger partial charge is 0.493 e. The number of allylic oxidation sites excluding steroid dienone is 1. The Hall–Kier alpha value is -4.71. The number of rotatable bonds is 8. The van der Waals surface area contributed by atoms with Crippen molar-refractivity contribution >= 4 is 23.0 Å². The molecule has 9 nitrogen and oxygen atoms in total. The van der Waals surface area contributed by atoms with Crippen molar-refractivity contribution in [2.24, 2.45) is 0 Å². The normalized spacial score (nSPS) is 10.8. The number of hydrogen-bond acceptors (Lipinski definition) is 7. The van der Waals surface area contributed by atoms with Gasteiger partial charge in [-0.05, 0) is 35.4 Å². The summed E-state index contributed by atoms with van der Waals surface area (Å²) < 4.78 is 11.1. The van der Waals surface area contributed by atoms with Gasteiger partial charge < -0.3 is 9.47 Å². The molecule has 160 valence electrons. The van der Waals surface area contributed by atoms with Gasteiger partial charge in [0.05, 0.1) is 40.2 Å². The Morgan fingerprint density at radius 1 is 1.00 bits per heavy atom. The highest BCUT2D eigenvalue weighted by Gasteiger charge is 2.20. The summed E-state index contributed by atoms with van der Waals surface area (Å²) in [6, 6.07) is 19.3. The molecule has 3 aromatic carbocycles. The maximum Gasteiger partial charge on any atom is 0.280 e. The van der Waals surface area contributed by atoms with Crippen LogP contribution >= 0.6 is 0 Å². The van der Waals surface area contributed by atoms with E-state index in [1.807, 2.05) is 36.4 Å². The van der Waals surface area contributed by atoms with Gasteiger partial charge in [0.25, 0.3) is 11.4 Å². The predicted octanol–water partition coefficient (Wildman–Crippen LogP) is 5.15. The summed E-state index contributed by atoms with van der Waals surface area (Å²) in [7, 11) is 1.41. The quantitative estimate of drug-likeness (QED) is 0.209. The SMILES string of the molecule is COc1cc(/C=C(/C#N)c2ccc([N+](=O)[O-])cc2)c([N+](=O)[O-])cc1OCc1ccccc1. The van der Waals surface area contributed by atoms with Crippen LogP contribution in [-0.2, 0) is 6.61 Å². The standard InChI is InChI=1S/C23H17N3O6/c1-31-22-12-18(11-19(14-24)17-7-9-20(10-8-17)25(27)28)21(26(29)30)13-23(22)32-15-16-5-3-2-4-6-16/h2-13H,15H2,1H3/b19-11-. The van der Waals surface area contributed by atoms with Crippen molar-refractivity contribution in [3.63, 3.8) is 0 Å². The van der Waals surface area contributed by atoms with E-state index in [2.05, 4.69) is 0 Å². The minimum Gasteiger partial charge on any atom is -0.493 e. The number of nitrogens with zero attached hydrogens (tertiary/aromatic N) is 3. The lowest BCUT2D eigenvalue weighted by Crippen LogP contribution is -2.00. The topological polar surface area (TPSA) is 129 Å². The Bertz CT molecular complexity index is 1210. The molecule has 0 aromatic heterocycles. The van der Waals surface area contributed by atoms with Gasteiger partial charge in [-0.2, -0.15) is 5.26 Å². The maximum absolute atomic E-state index is 11.7. The van der Waals surface area contributed by atoms with E-state index < -0.39 is 9.85 Å². The van der Waals surface area contributed by atoms with E-state index in [4.69, 9.17) is 9.47 Å². The maximum atomic E-state index is 11.7. The lowest BCUT2D eigenvalue weighted by atomic mass is 10.0. The monoisotopic (exact) mass is 431 g/mol. The third-order valence-electron chi connectivity index (χ3n) is 4.56. The molecule has 3 aromatic rings. The van der Waals surface area contributed by atoms with Gasteiger partial charge in [0, 0.05) is 12.1 Å². The van der Waals surface area contributed by atoms with Crippen LogP contribution in [0.2, 0.25) is 0 Å². The number of benzene rings is 3. The molecule has 0 saturated heterocycles. The van der Waals surface area contributed by atoms with Gasteiger partial charge in [-0.3, -0.25) is 20.2 Å². The Morgan fingerprint density at radius 2 is 1.69 bits per heavy atom. The molecule has 0 fully saturated rings. The summed E-state index contributed by atoms with van der Waals surface area (Å²) in [6.07, 6.45) is 1.34. The van der Waals surface area contributed by atoms with E-state index in [1.165, 1.54) is 49.6 Å². The molecule has 3 rings (SSSR count). The first-order chi connectivity index (χ1) is 15.4. The fraction of sp³-hybridized carbons (Fsp3) is 0.0870. The summed E-state index contributed by atoms with van der Waals surface area (Å²) in [4.78, 5) is 21.4. The average molecular weight is 431 g/mol. The second-order valence-electron chi connectivity index (χ2n) is 6.57. The first-order valence-corrected chi connectivity index (χ1v) is 9.32. The molecule has 0 aliphatic heterocycles. The van der Waals surface area contributed by atoms with Crippen LogP contribution in [0, 0.1) is 31.6 Å². The molecule has 0 unspecified atom stereocenters. The number of methoxy groups -OCH3 is 1. The molecular formula is C23H17N3O6. The van der Waals surface area contributed by atoms with E-state index in [1.54, 1.807) is 0 Å². The van der Waals surface area contributed by atoms with Crippen LogP contribution < -0.4 is 9.47 Å². The molecular weight excluding hydrogens is 414 g/mol. The van der Waals surface area contributed by atoms with Crippen LogP contribution in [0.25, 0.3) is 11.6 Å². The van der Waals surface area contributed by atoms with Gasteiger partial charge in [-0.15, -0.1) is 0 Å². The first kappa shape index (κ1) is 22.0. The van der Waals surface area contributed by atoms with Crippen molar-refractivity contribution in [1.29, 1.82) is 5.26 Å². The second kappa shape index (κ2) is 9.86. The highest BCUT2D eigenvalue weighted by atomic mass is 16.6. The lowest BCUT2D eigenvalue weighted by molar-refractivity contribution is -0.385. The van der Waals surface area contributed by atoms with E-state index in [0.717, 1.165) is 5.56 Å². The van der Waals surface area contributed by atoms with Gasteiger partial charge in [-0.1, -0.05) is 30.3 Å². The Morgan fingerprint density at radius 3 is 2.25 bits per heavy atom. The van der Waals surface area contributed by atoms with Gasteiger partial charge in [0.2, 0.25) is 0 Å². The highest BCUT2D eigenvalue weighted by Crippen LogP contribution is 2.37. The number of nitriles is 1. The summed E-state index contributed by atoms with van der Waals surface area (Å²) >= 11 is 0. The molecule has 0 N–H and O–H groups in total. The number of non-ortho nitro benzene ring substituents is 1. The smallest absolute Gasteiger partial charge is 0.280 e. The number of hydrogen-bond donors (Lipinski definition) is 0. The first-order valence-electron chi connectivity index (χ1n) is 9.32. The van der Waals surface area contributed by atoms with Crippen LogP contribution in [0.3, 0.4) is 0 Å². The summed E-state index contributed by atoms with van der Waals surface area (Å²) in [6.45, 7) is 0.190. The molecule has 0 aliphatic rings. The Kier molecular flexibility index (Phi) is 6.78. The van der Waals surface area contributed by atoms with Gasteiger partial charge in [-0.25, -0.2) is 0 Å².